The highest BCUT2D eigenvalue weighted by Gasteiger charge is 2.26. The van der Waals surface area contributed by atoms with Gasteiger partial charge in [0.15, 0.2) is 0 Å². The van der Waals surface area contributed by atoms with Gasteiger partial charge in [-0.05, 0) is 51.4 Å². The van der Waals surface area contributed by atoms with E-state index < -0.39 is 13.9 Å². The van der Waals surface area contributed by atoms with E-state index in [4.69, 9.17) is 18.5 Å². The number of unbranched alkanes of at least 4 members (excludes halogenated alkanes) is 26. The van der Waals surface area contributed by atoms with Crippen LogP contribution in [0.3, 0.4) is 0 Å². The Balaban J connectivity index is 4.19. The molecule has 2 atom stereocenters. The minimum Gasteiger partial charge on any atom is -0.457 e. The van der Waals surface area contributed by atoms with Crippen LogP contribution in [0.2, 0.25) is 0 Å². The number of carbonyl (C=O) groups excluding carboxylic acids is 1. The number of hydrogen-bond acceptors (Lipinski definition) is 6. The lowest BCUT2D eigenvalue weighted by atomic mass is 10.0. The number of hydrogen-bond donors (Lipinski definition) is 1. The summed E-state index contributed by atoms with van der Waals surface area (Å²) in [5, 5.41) is 0. The quantitative estimate of drug-likeness (QED) is 0.0214. The molecule has 0 saturated heterocycles. The molecule has 0 saturated carbocycles. The van der Waals surface area contributed by atoms with Gasteiger partial charge >= 0.3 is 13.8 Å². The Kier molecular flexibility index (Phi) is 42.4. The fourth-order valence-corrected chi connectivity index (χ4v) is 7.60. The topological polar surface area (TPSA) is 91.3 Å². The Labute approximate surface area is 365 Å². The van der Waals surface area contributed by atoms with Crippen molar-refractivity contribution in [3.05, 3.63) is 36.5 Å². The van der Waals surface area contributed by atoms with Crippen LogP contribution < -0.4 is 0 Å². The van der Waals surface area contributed by atoms with Crippen molar-refractivity contribution in [1.29, 1.82) is 0 Å². The summed E-state index contributed by atoms with van der Waals surface area (Å²) in [6.07, 6.45) is 51.8. The molecule has 0 aliphatic rings. The molecule has 59 heavy (non-hydrogen) atoms. The first-order valence-electron chi connectivity index (χ1n) is 24.7. The zero-order valence-corrected chi connectivity index (χ0v) is 40.4. The van der Waals surface area contributed by atoms with Crippen molar-refractivity contribution in [3.63, 3.8) is 0 Å². The summed E-state index contributed by atoms with van der Waals surface area (Å²) in [6, 6.07) is 0. The van der Waals surface area contributed by atoms with Crippen LogP contribution in [0.1, 0.15) is 219 Å². The van der Waals surface area contributed by atoms with Crippen LogP contribution in [0.15, 0.2) is 36.5 Å². The number of likely N-dealkylation sites (N-methyl/N-ethyl adjacent to an activating group) is 1. The first kappa shape index (κ1) is 57.7. The monoisotopic (exact) mass is 855 g/mol. The molecule has 0 aliphatic carbocycles. The molecule has 0 aliphatic heterocycles. The van der Waals surface area contributed by atoms with E-state index in [0.717, 1.165) is 57.8 Å². The predicted molar refractivity (Wildman–Crippen MR) is 252 cm³/mol. The lowest BCUT2D eigenvalue weighted by molar-refractivity contribution is -0.870. The smallest absolute Gasteiger partial charge is 0.457 e. The molecule has 0 fully saturated rings. The molecular weight excluding hydrogens is 758 g/mol. The average molecular weight is 855 g/mol. The lowest BCUT2D eigenvalue weighted by Crippen LogP contribution is -2.37. The molecule has 0 radical (unpaired) electrons. The number of nitrogens with zero attached hydrogens (tertiary/aromatic N) is 1. The highest BCUT2D eigenvalue weighted by Crippen LogP contribution is 2.43. The summed E-state index contributed by atoms with van der Waals surface area (Å²) in [7, 11) is 1.66. The molecule has 0 heterocycles. The second kappa shape index (κ2) is 43.4. The van der Waals surface area contributed by atoms with Gasteiger partial charge < -0.3 is 18.9 Å². The SMILES string of the molecule is CCCCCCC/C=C\C/C=C\C/C=C\CCCCCCCCC(=O)OC(COCCCCCCCCCCCCCCCCCC)COP(=O)(O)OCC[N+](C)(C)C. The maximum atomic E-state index is 12.7. The Morgan fingerprint density at radius 1 is 0.525 bits per heavy atom. The molecule has 0 amide bonds. The summed E-state index contributed by atoms with van der Waals surface area (Å²) >= 11 is 0. The van der Waals surface area contributed by atoms with E-state index in [2.05, 4.69) is 50.3 Å². The summed E-state index contributed by atoms with van der Waals surface area (Å²) < 4.78 is 35.1. The molecule has 0 bridgehead atoms. The molecule has 0 aromatic carbocycles. The number of carbonyl (C=O) groups is 1. The number of ether oxygens (including phenoxy) is 2. The molecular formula is C50H97NO7P+. The Morgan fingerprint density at radius 2 is 0.932 bits per heavy atom. The van der Waals surface area contributed by atoms with Crippen molar-refractivity contribution in [2.45, 2.75) is 225 Å². The Bertz CT molecular complexity index is 1040. The zero-order valence-electron chi connectivity index (χ0n) is 39.5. The van der Waals surface area contributed by atoms with Gasteiger partial charge in [0.25, 0.3) is 0 Å². The van der Waals surface area contributed by atoms with Crippen molar-refractivity contribution in [2.24, 2.45) is 0 Å². The van der Waals surface area contributed by atoms with Crippen molar-refractivity contribution in [2.75, 3.05) is 54.1 Å². The summed E-state index contributed by atoms with van der Waals surface area (Å²) in [5.41, 5.74) is 0. The van der Waals surface area contributed by atoms with Gasteiger partial charge in [-0.3, -0.25) is 13.8 Å². The van der Waals surface area contributed by atoms with Crippen LogP contribution >= 0.6 is 7.82 Å². The number of phosphoric acid groups is 1. The van der Waals surface area contributed by atoms with Crippen molar-refractivity contribution < 1.29 is 37.3 Å². The number of phosphoric ester groups is 1. The number of allylic oxidation sites excluding steroid dienone is 6. The minimum atomic E-state index is -4.28. The van der Waals surface area contributed by atoms with Crippen LogP contribution in [-0.4, -0.2) is 75.6 Å². The average Bonchev–Trinajstić information content (AvgIpc) is 3.19. The van der Waals surface area contributed by atoms with E-state index in [-0.39, 0.29) is 25.8 Å². The fraction of sp³-hybridized carbons (Fsp3) is 0.860. The first-order chi connectivity index (χ1) is 28.6. The Morgan fingerprint density at radius 3 is 1.39 bits per heavy atom. The van der Waals surface area contributed by atoms with Crippen LogP contribution in [0.4, 0.5) is 0 Å². The van der Waals surface area contributed by atoms with Gasteiger partial charge in [0.1, 0.15) is 19.3 Å². The fourth-order valence-electron chi connectivity index (χ4n) is 6.85. The third-order valence-electron chi connectivity index (χ3n) is 10.7. The third kappa shape index (κ3) is 47.6. The van der Waals surface area contributed by atoms with Crippen LogP contribution in [-0.2, 0) is 27.9 Å². The maximum absolute atomic E-state index is 12.7. The van der Waals surface area contributed by atoms with Gasteiger partial charge in [-0.1, -0.05) is 198 Å². The molecule has 348 valence electrons. The molecule has 0 spiro atoms. The zero-order chi connectivity index (χ0) is 43.4. The Hall–Kier alpha value is -1.28. The van der Waals surface area contributed by atoms with Gasteiger partial charge in [0.2, 0.25) is 0 Å². The van der Waals surface area contributed by atoms with Crippen LogP contribution in [0.25, 0.3) is 0 Å². The predicted octanol–water partition coefficient (Wildman–Crippen LogP) is 14.9. The highest BCUT2D eigenvalue weighted by molar-refractivity contribution is 7.47. The van der Waals surface area contributed by atoms with Crippen molar-refractivity contribution >= 4 is 13.8 Å². The van der Waals surface area contributed by atoms with Crippen molar-refractivity contribution in [3.8, 4) is 0 Å². The molecule has 2 unspecified atom stereocenters. The van der Waals surface area contributed by atoms with E-state index in [1.165, 1.54) is 141 Å². The van der Waals surface area contributed by atoms with Crippen molar-refractivity contribution in [1.82, 2.24) is 0 Å². The summed E-state index contributed by atoms with van der Waals surface area (Å²) in [5.74, 6) is -0.323. The summed E-state index contributed by atoms with van der Waals surface area (Å²) in [4.78, 5) is 23.0. The van der Waals surface area contributed by atoms with Gasteiger partial charge in [0, 0.05) is 13.0 Å². The van der Waals surface area contributed by atoms with E-state index in [1.54, 1.807) is 0 Å². The van der Waals surface area contributed by atoms with Gasteiger partial charge in [-0.2, -0.15) is 0 Å². The second-order valence-corrected chi connectivity index (χ2v) is 19.3. The first-order valence-corrected chi connectivity index (χ1v) is 26.2. The lowest BCUT2D eigenvalue weighted by Gasteiger charge is -2.24. The molecule has 0 rings (SSSR count). The summed E-state index contributed by atoms with van der Waals surface area (Å²) in [6.45, 7) is 5.63. The molecule has 1 N–H and O–H groups in total. The van der Waals surface area contributed by atoms with Gasteiger partial charge in [-0.25, -0.2) is 4.57 Å². The minimum absolute atomic E-state index is 0.0867. The normalized spacial score (nSPS) is 13.9. The maximum Gasteiger partial charge on any atom is 0.472 e. The van der Waals surface area contributed by atoms with Gasteiger partial charge in [0.05, 0.1) is 34.4 Å². The molecule has 0 aromatic heterocycles. The number of esters is 1. The largest absolute Gasteiger partial charge is 0.472 e. The van der Waals surface area contributed by atoms with Gasteiger partial charge in [-0.15, -0.1) is 0 Å². The van der Waals surface area contributed by atoms with Crippen LogP contribution in [0, 0.1) is 0 Å². The number of quaternary nitrogens is 1. The van der Waals surface area contributed by atoms with Crippen LogP contribution in [0.5, 0.6) is 0 Å². The van der Waals surface area contributed by atoms with E-state index >= 15 is 0 Å². The van der Waals surface area contributed by atoms with E-state index in [0.29, 0.717) is 24.1 Å². The third-order valence-corrected chi connectivity index (χ3v) is 11.7. The molecule has 9 heteroatoms. The number of rotatable bonds is 46. The molecule has 8 nitrogen and oxygen atoms in total. The highest BCUT2D eigenvalue weighted by atomic mass is 31.2. The van der Waals surface area contributed by atoms with E-state index in [9.17, 15) is 14.3 Å². The molecule has 0 aromatic rings. The standard InChI is InChI=1S/C50H96NO7P/c1-6-8-10-12-14-16-18-20-22-24-25-26-27-28-29-31-33-35-37-39-41-43-50(52)58-49(48-57-59(53,54)56-46-44-51(3,4)5)47-55-45-42-40-38-36-34-32-30-23-21-19-17-15-13-11-9-7-2/h18,20,24-25,27-28,49H,6-17,19,21-23,26,29-48H2,1-5H3/p+1/b20-18-,25-24-,28-27-. The second-order valence-electron chi connectivity index (χ2n) is 17.9. The van der Waals surface area contributed by atoms with E-state index in [1.807, 2.05) is 21.1 Å².